The van der Waals surface area contributed by atoms with E-state index in [1.807, 2.05) is 18.2 Å². The Bertz CT molecular complexity index is 693. The van der Waals surface area contributed by atoms with E-state index >= 15 is 0 Å². The molecule has 2 aromatic rings. The number of carbonyl (C=O) groups is 1. The smallest absolute Gasteiger partial charge is 0.228 e. The van der Waals surface area contributed by atoms with Crippen LogP contribution < -0.4 is 10.6 Å². The Morgan fingerprint density at radius 2 is 2.25 bits per heavy atom. The van der Waals surface area contributed by atoms with Gasteiger partial charge in [0.1, 0.15) is 5.82 Å². The second kappa shape index (κ2) is 5.27. The van der Waals surface area contributed by atoms with E-state index in [-0.39, 0.29) is 17.1 Å². The number of nitrogens with two attached hydrogens (primary N) is 1. The summed E-state index contributed by atoms with van der Waals surface area (Å²) < 4.78 is 0.822. The Morgan fingerprint density at radius 3 is 2.95 bits per heavy atom. The molecule has 0 bridgehead atoms. The first-order valence-corrected chi connectivity index (χ1v) is 7.39. The van der Waals surface area contributed by atoms with E-state index in [2.05, 4.69) is 25.9 Å². The third kappa shape index (κ3) is 2.28. The highest BCUT2D eigenvalue weighted by atomic mass is 79.9. The van der Waals surface area contributed by atoms with Crippen molar-refractivity contribution in [3.63, 3.8) is 0 Å². The predicted molar refractivity (Wildman–Crippen MR) is 81.8 cm³/mol. The molecule has 7 heteroatoms. The topological polar surface area (TPSA) is 72.1 Å². The minimum absolute atomic E-state index is 0.0245. The van der Waals surface area contributed by atoms with Crippen LogP contribution >= 0.6 is 27.5 Å². The number of hydrogen-bond acceptors (Lipinski definition) is 4. The van der Waals surface area contributed by atoms with Gasteiger partial charge in [0, 0.05) is 22.8 Å². The van der Waals surface area contributed by atoms with Crippen molar-refractivity contribution in [3.8, 4) is 0 Å². The molecule has 1 aromatic carbocycles. The number of aromatic nitrogens is 2. The largest absolute Gasteiger partial charge is 0.330 e. The number of nitrogens with zero attached hydrogens (tertiary/aromatic N) is 3. The summed E-state index contributed by atoms with van der Waals surface area (Å²) in [7, 11) is 0. The monoisotopic (exact) mass is 354 g/mol. The quantitative estimate of drug-likeness (QED) is 0.839. The van der Waals surface area contributed by atoms with Gasteiger partial charge in [-0.05, 0) is 52.1 Å². The average molecular weight is 356 g/mol. The van der Waals surface area contributed by atoms with Gasteiger partial charge in [-0.2, -0.15) is 4.98 Å². The maximum atomic E-state index is 12.1. The first kappa shape index (κ1) is 13.7. The summed E-state index contributed by atoms with van der Waals surface area (Å²) in [4.78, 5) is 22.2. The molecule has 1 aliphatic heterocycles. The van der Waals surface area contributed by atoms with E-state index in [9.17, 15) is 4.79 Å². The van der Waals surface area contributed by atoms with E-state index in [1.165, 1.54) is 0 Å². The first-order valence-electron chi connectivity index (χ1n) is 6.22. The third-order valence-corrected chi connectivity index (χ3v) is 4.23. The fraction of sp³-hybridized carbons (Fsp3) is 0.308. The van der Waals surface area contributed by atoms with E-state index in [0.29, 0.717) is 30.8 Å². The molecule has 1 amide bonds. The van der Waals surface area contributed by atoms with Crippen molar-refractivity contribution in [2.24, 2.45) is 11.7 Å². The highest BCUT2D eigenvalue weighted by Gasteiger charge is 2.32. The van der Waals surface area contributed by atoms with Crippen molar-refractivity contribution in [3.05, 3.63) is 28.0 Å². The standard InChI is InChI=1S/C13H12BrClN4O/c14-9-3-1-2-8-11(9)17-13(15)18-12(8)19-6-7(5-16)4-10(19)20/h1-3,7H,4-6,16H2. The molecule has 104 valence electrons. The lowest BCUT2D eigenvalue weighted by molar-refractivity contribution is -0.117. The SMILES string of the molecule is NCC1CC(=O)N(c2nc(Cl)nc3c(Br)cccc23)C1. The van der Waals surface area contributed by atoms with Gasteiger partial charge in [0.2, 0.25) is 11.2 Å². The predicted octanol–water partition coefficient (Wildman–Crippen LogP) is 2.36. The number of rotatable bonds is 2. The zero-order chi connectivity index (χ0) is 14.3. The number of carbonyl (C=O) groups excluding carboxylic acids is 1. The van der Waals surface area contributed by atoms with Crippen molar-refractivity contribution in [2.75, 3.05) is 18.0 Å². The van der Waals surface area contributed by atoms with Crippen molar-refractivity contribution < 1.29 is 4.79 Å². The molecule has 5 nitrogen and oxygen atoms in total. The Balaban J connectivity index is 2.16. The zero-order valence-electron chi connectivity index (χ0n) is 10.5. The van der Waals surface area contributed by atoms with Crippen LogP contribution in [-0.2, 0) is 4.79 Å². The molecule has 1 saturated heterocycles. The molecule has 20 heavy (non-hydrogen) atoms. The molecular formula is C13H12BrClN4O. The maximum absolute atomic E-state index is 12.1. The minimum Gasteiger partial charge on any atom is -0.330 e. The van der Waals surface area contributed by atoms with Crippen LogP contribution in [0.5, 0.6) is 0 Å². The Hall–Kier alpha value is -1.24. The van der Waals surface area contributed by atoms with Crippen molar-refractivity contribution in [2.45, 2.75) is 6.42 Å². The van der Waals surface area contributed by atoms with E-state index in [1.54, 1.807) is 4.90 Å². The summed E-state index contributed by atoms with van der Waals surface area (Å²) in [5, 5.41) is 0.929. The molecule has 1 atom stereocenters. The number of para-hydroxylation sites is 1. The second-order valence-corrected chi connectivity index (χ2v) is 5.95. The Labute approximate surface area is 129 Å². The third-order valence-electron chi connectivity index (χ3n) is 3.42. The van der Waals surface area contributed by atoms with Crippen LogP contribution in [0.3, 0.4) is 0 Å². The molecule has 1 unspecified atom stereocenters. The number of amides is 1. The molecule has 1 aliphatic rings. The molecule has 0 radical (unpaired) electrons. The molecule has 3 rings (SSSR count). The molecule has 0 aliphatic carbocycles. The van der Waals surface area contributed by atoms with Gasteiger partial charge >= 0.3 is 0 Å². The lowest BCUT2D eigenvalue weighted by atomic mass is 10.1. The van der Waals surface area contributed by atoms with Crippen LogP contribution in [0.25, 0.3) is 10.9 Å². The number of hydrogen-bond donors (Lipinski definition) is 1. The van der Waals surface area contributed by atoms with Crippen LogP contribution in [0.15, 0.2) is 22.7 Å². The number of fused-ring (bicyclic) bond motifs is 1. The summed E-state index contributed by atoms with van der Waals surface area (Å²) in [6.07, 6.45) is 0.452. The molecule has 2 heterocycles. The summed E-state index contributed by atoms with van der Waals surface area (Å²) >= 11 is 9.43. The lowest BCUT2D eigenvalue weighted by Crippen LogP contribution is -2.27. The number of anilines is 1. The summed E-state index contributed by atoms with van der Waals surface area (Å²) in [6.45, 7) is 1.06. The van der Waals surface area contributed by atoms with Gasteiger partial charge in [-0.1, -0.05) is 6.07 Å². The van der Waals surface area contributed by atoms with E-state index in [0.717, 1.165) is 9.86 Å². The van der Waals surface area contributed by atoms with Crippen LogP contribution in [0.4, 0.5) is 5.82 Å². The number of halogens is 2. The normalized spacial score (nSPS) is 19.1. The number of benzene rings is 1. The van der Waals surface area contributed by atoms with Crippen LogP contribution in [0.2, 0.25) is 5.28 Å². The van der Waals surface area contributed by atoms with Crippen molar-refractivity contribution in [1.82, 2.24) is 9.97 Å². The average Bonchev–Trinajstić information content (AvgIpc) is 2.80. The summed E-state index contributed by atoms with van der Waals surface area (Å²) in [5.41, 5.74) is 6.36. The fourth-order valence-electron chi connectivity index (χ4n) is 2.42. The maximum Gasteiger partial charge on any atom is 0.228 e. The van der Waals surface area contributed by atoms with Crippen molar-refractivity contribution >= 4 is 50.2 Å². The molecule has 0 spiro atoms. The van der Waals surface area contributed by atoms with Crippen molar-refractivity contribution in [1.29, 1.82) is 0 Å². The fourth-order valence-corrected chi connectivity index (χ4v) is 3.04. The highest BCUT2D eigenvalue weighted by molar-refractivity contribution is 9.10. The second-order valence-electron chi connectivity index (χ2n) is 4.76. The zero-order valence-corrected chi connectivity index (χ0v) is 12.9. The van der Waals surface area contributed by atoms with Gasteiger partial charge in [-0.15, -0.1) is 0 Å². The molecule has 2 N–H and O–H groups in total. The molecular weight excluding hydrogens is 344 g/mol. The summed E-state index contributed by atoms with van der Waals surface area (Å²) in [6, 6.07) is 5.65. The van der Waals surface area contributed by atoms with Gasteiger partial charge in [0.25, 0.3) is 0 Å². The van der Waals surface area contributed by atoms with E-state index < -0.39 is 0 Å². The van der Waals surface area contributed by atoms with Crippen LogP contribution in [0, 0.1) is 5.92 Å². The van der Waals surface area contributed by atoms with Gasteiger partial charge < -0.3 is 5.73 Å². The Kier molecular flexibility index (Phi) is 3.62. The van der Waals surface area contributed by atoms with E-state index in [4.69, 9.17) is 17.3 Å². The molecule has 1 aromatic heterocycles. The van der Waals surface area contributed by atoms with Crippen LogP contribution in [-0.4, -0.2) is 29.0 Å². The van der Waals surface area contributed by atoms with Gasteiger partial charge in [0.15, 0.2) is 0 Å². The lowest BCUT2D eigenvalue weighted by Gasteiger charge is -2.17. The minimum atomic E-state index is 0.0245. The highest BCUT2D eigenvalue weighted by Crippen LogP contribution is 2.33. The molecule has 1 fully saturated rings. The van der Waals surface area contributed by atoms with Gasteiger partial charge in [-0.25, -0.2) is 4.98 Å². The summed E-state index contributed by atoms with van der Waals surface area (Å²) in [5.74, 6) is 0.747. The Morgan fingerprint density at radius 1 is 1.45 bits per heavy atom. The van der Waals surface area contributed by atoms with Crippen LogP contribution in [0.1, 0.15) is 6.42 Å². The first-order chi connectivity index (χ1) is 9.60. The van der Waals surface area contributed by atoms with Gasteiger partial charge in [-0.3, -0.25) is 9.69 Å². The van der Waals surface area contributed by atoms with Gasteiger partial charge in [0.05, 0.1) is 5.52 Å². The molecule has 0 saturated carbocycles.